The Labute approximate surface area is 177 Å². The Morgan fingerprint density at radius 2 is 1.93 bits per heavy atom. The van der Waals surface area contributed by atoms with Gasteiger partial charge in [-0.25, -0.2) is 0 Å². The second-order valence-electron chi connectivity index (χ2n) is 6.94. The molecular weight excluding hydrogens is 400 g/mol. The number of benzene rings is 3. The number of ether oxygens (including phenoxy) is 3. The molecule has 5 rings (SSSR count). The van der Waals surface area contributed by atoms with E-state index in [1.165, 1.54) is 11.3 Å². The van der Waals surface area contributed by atoms with Crippen LogP contribution in [-0.2, 0) is 11.3 Å². The molecule has 152 valence electrons. The van der Waals surface area contributed by atoms with Gasteiger partial charge in [0.15, 0.2) is 16.3 Å². The van der Waals surface area contributed by atoms with E-state index in [2.05, 4.69) is 29.3 Å². The van der Waals surface area contributed by atoms with E-state index < -0.39 is 0 Å². The maximum absolute atomic E-state index is 13.0. The van der Waals surface area contributed by atoms with Gasteiger partial charge in [-0.3, -0.25) is 4.79 Å². The summed E-state index contributed by atoms with van der Waals surface area (Å²) in [6, 6.07) is 17.6. The summed E-state index contributed by atoms with van der Waals surface area (Å²) in [7, 11) is 1.67. The highest BCUT2D eigenvalue weighted by Crippen LogP contribution is 2.31. The lowest BCUT2D eigenvalue weighted by Gasteiger charge is -2.18. The van der Waals surface area contributed by atoms with Gasteiger partial charge in [0.2, 0.25) is 0 Å². The second-order valence-corrected chi connectivity index (χ2v) is 7.92. The largest absolute Gasteiger partial charge is 0.486 e. The number of methoxy groups -OCH3 is 1. The number of rotatable bonds is 4. The van der Waals surface area contributed by atoms with Crippen LogP contribution in [0.2, 0.25) is 0 Å². The van der Waals surface area contributed by atoms with Crippen LogP contribution < -0.4 is 14.3 Å². The lowest BCUT2D eigenvalue weighted by Crippen LogP contribution is -2.19. The molecule has 30 heavy (non-hydrogen) atoms. The maximum Gasteiger partial charge on any atom is 0.279 e. The summed E-state index contributed by atoms with van der Waals surface area (Å²) in [6.45, 7) is 2.13. The van der Waals surface area contributed by atoms with Crippen molar-refractivity contribution in [2.75, 3.05) is 26.9 Å². The average molecular weight is 420 g/mol. The number of nitrogens with zero attached hydrogens (tertiary/aromatic N) is 2. The summed E-state index contributed by atoms with van der Waals surface area (Å²) in [5.41, 5.74) is 1.52. The van der Waals surface area contributed by atoms with Crippen molar-refractivity contribution < 1.29 is 19.0 Å². The SMILES string of the molecule is COCCn1c(=NC(=O)c2ccc3c(c2)OCCO3)sc2c3ccccc3ccc21. The quantitative estimate of drug-likeness (QED) is 0.500. The third-order valence-corrected chi connectivity index (χ3v) is 6.21. The smallest absolute Gasteiger partial charge is 0.279 e. The molecule has 6 nitrogen and oxygen atoms in total. The predicted octanol–water partition coefficient (Wildman–Crippen LogP) is 4.01. The van der Waals surface area contributed by atoms with Crippen LogP contribution in [0.4, 0.5) is 0 Å². The lowest BCUT2D eigenvalue weighted by atomic mass is 10.1. The number of aromatic nitrogens is 1. The van der Waals surface area contributed by atoms with Crippen LogP contribution >= 0.6 is 11.3 Å². The Morgan fingerprint density at radius 3 is 2.80 bits per heavy atom. The van der Waals surface area contributed by atoms with Gasteiger partial charge in [0.1, 0.15) is 13.2 Å². The van der Waals surface area contributed by atoms with Gasteiger partial charge >= 0.3 is 0 Å². The van der Waals surface area contributed by atoms with Crippen LogP contribution in [0.15, 0.2) is 59.6 Å². The molecule has 7 heteroatoms. The molecule has 0 atom stereocenters. The van der Waals surface area contributed by atoms with E-state index in [-0.39, 0.29) is 5.91 Å². The minimum Gasteiger partial charge on any atom is -0.486 e. The molecule has 1 amide bonds. The molecule has 1 aromatic heterocycles. The van der Waals surface area contributed by atoms with Crippen molar-refractivity contribution in [3.8, 4) is 11.5 Å². The van der Waals surface area contributed by atoms with E-state index in [0.29, 0.717) is 48.2 Å². The highest BCUT2D eigenvalue weighted by molar-refractivity contribution is 7.17. The van der Waals surface area contributed by atoms with Crippen molar-refractivity contribution in [2.45, 2.75) is 6.54 Å². The lowest BCUT2D eigenvalue weighted by molar-refractivity contribution is 0.0996. The molecule has 0 radical (unpaired) electrons. The zero-order valence-corrected chi connectivity index (χ0v) is 17.3. The summed E-state index contributed by atoms with van der Waals surface area (Å²) < 4.78 is 19.6. The monoisotopic (exact) mass is 420 g/mol. The van der Waals surface area contributed by atoms with Crippen LogP contribution in [-0.4, -0.2) is 37.4 Å². The molecule has 4 aromatic rings. The van der Waals surface area contributed by atoms with Gasteiger partial charge in [-0.2, -0.15) is 4.99 Å². The minimum absolute atomic E-state index is 0.311. The van der Waals surface area contributed by atoms with Gasteiger partial charge < -0.3 is 18.8 Å². The van der Waals surface area contributed by atoms with Crippen LogP contribution in [0.1, 0.15) is 10.4 Å². The van der Waals surface area contributed by atoms with E-state index in [1.54, 1.807) is 25.3 Å². The Kier molecular flexibility index (Phi) is 4.98. The summed E-state index contributed by atoms with van der Waals surface area (Å²) in [4.78, 5) is 18.1. The molecule has 0 fully saturated rings. The van der Waals surface area contributed by atoms with Crippen molar-refractivity contribution >= 4 is 38.2 Å². The summed E-state index contributed by atoms with van der Waals surface area (Å²) >= 11 is 1.52. The first-order valence-corrected chi connectivity index (χ1v) is 10.5. The number of fused-ring (bicyclic) bond motifs is 4. The van der Waals surface area contributed by atoms with Gasteiger partial charge in [0, 0.05) is 24.6 Å². The fraction of sp³-hybridized carbons (Fsp3) is 0.217. The fourth-order valence-electron chi connectivity index (χ4n) is 3.61. The summed E-state index contributed by atoms with van der Waals surface area (Å²) in [6.07, 6.45) is 0. The number of thiazole rings is 1. The Hall–Kier alpha value is -3.16. The predicted molar refractivity (Wildman–Crippen MR) is 117 cm³/mol. The number of hydrogen-bond donors (Lipinski definition) is 0. The van der Waals surface area contributed by atoms with Crippen molar-refractivity contribution in [3.05, 3.63) is 65.0 Å². The molecule has 1 aliphatic rings. The highest BCUT2D eigenvalue weighted by atomic mass is 32.1. The molecule has 0 aliphatic carbocycles. The number of carbonyl (C=O) groups excluding carboxylic acids is 1. The van der Waals surface area contributed by atoms with Gasteiger partial charge in [0.05, 0.1) is 16.8 Å². The van der Waals surface area contributed by atoms with Crippen LogP contribution in [0.5, 0.6) is 11.5 Å². The van der Waals surface area contributed by atoms with E-state index in [9.17, 15) is 4.79 Å². The average Bonchev–Trinajstić information content (AvgIpc) is 3.14. The topological polar surface area (TPSA) is 62.1 Å². The zero-order chi connectivity index (χ0) is 20.5. The molecule has 0 spiro atoms. The van der Waals surface area contributed by atoms with Gasteiger partial charge in [-0.15, -0.1) is 0 Å². The van der Waals surface area contributed by atoms with Gasteiger partial charge in [-0.1, -0.05) is 41.7 Å². The molecule has 0 bridgehead atoms. The molecule has 0 saturated carbocycles. The summed E-state index contributed by atoms with van der Waals surface area (Å²) in [5, 5.41) is 2.31. The highest BCUT2D eigenvalue weighted by Gasteiger charge is 2.16. The molecule has 2 heterocycles. The Morgan fingerprint density at radius 1 is 1.10 bits per heavy atom. The molecule has 3 aromatic carbocycles. The zero-order valence-electron chi connectivity index (χ0n) is 16.5. The fourth-order valence-corrected chi connectivity index (χ4v) is 4.80. The minimum atomic E-state index is -0.311. The van der Waals surface area contributed by atoms with E-state index in [4.69, 9.17) is 14.2 Å². The van der Waals surface area contributed by atoms with Crippen molar-refractivity contribution in [1.29, 1.82) is 0 Å². The Balaban J connectivity index is 1.64. The summed E-state index contributed by atoms with van der Waals surface area (Å²) in [5.74, 6) is 0.923. The normalized spacial score (nSPS) is 13.8. The number of amides is 1. The first-order valence-electron chi connectivity index (χ1n) is 9.73. The second kappa shape index (κ2) is 7.93. The van der Waals surface area contributed by atoms with Gasteiger partial charge in [-0.05, 0) is 29.7 Å². The van der Waals surface area contributed by atoms with E-state index in [0.717, 1.165) is 21.0 Å². The first kappa shape index (κ1) is 18.8. The molecule has 0 saturated heterocycles. The van der Waals surface area contributed by atoms with Crippen molar-refractivity contribution in [1.82, 2.24) is 4.57 Å². The third kappa shape index (κ3) is 3.36. The molecule has 0 N–H and O–H groups in total. The molecule has 0 unspecified atom stereocenters. The molecule has 1 aliphatic heterocycles. The van der Waals surface area contributed by atoms with Crippen LogP contribution in [0.3, 0.4) is 0 Å². The van der Waals surface area contributed by atoms with E-state index >= 15 is 0 Å². The number of carbonyl (C=O) groups is 1. The maximum atomic E-state index is 13.0. The third-order valence-electron chi connectivity index (χ3n) is 5.08. The molecular formula is C23H20N2O4S. The standard InChI is InChI=1S/C23H20N2O4S/c1-27-11-10-25-18-8-6-15-4-2-3-5-17(15)21(18)30-23(25)24-22(26)16-7-9-19-20(14-16)29-13-12-28-19/h2-9,14H,10-13H2,1H3. The van der Waals surface area contributed by atoms with Crippen LogP contribution in [0.25, 0.3) is 21.0 Å². The number of hydrogen-bond acceptors (Lipinski definition) is 5. The first-order chi connectivity index (χ1) is 14.7. The van der Waals surface area contributed by atoms with E-state index in [1.807, 2.05) is 16.7 Å². The van der Waals surface area contributed by atoms with Crippen molar-refractivity contribution in [3.63, 3.8) is 0 Å². The Bertz CT molecular complexity index is 1320. The van der Waals surface area contributed by atoms with Crippen LogP contribution in [0, 0.1) is 0 Å². The van der Waals surface area contributed by atoms with Gasteiger partial charge in [0.25, 0.3) is 5.91 Å². The van der Waals surface area contributed by atoms with Crippen molar-refractivity contribution in [2.24, 2.45) is 4.99 Å².